The molecule has 2 rings (SSSR count). The number of rotatable bonds is 4. The van der Waals surface area contributed by atoms with E-state index in [0.717, 1.165) is 0 Å². The van der Waals surface area contributed by atoms with Crippen LogP contribution < -0.4 is 9.47 Å². The topological polar surface area (TPSA) is 122 Å². The Kier molecular flexibility index (Phi) is 4.73. The van der Waals surface area contributed by atoms with Crippen LogP contribution in [-0.4, -0.2) is 69.8 Å². The number of aliphatic hydroxyl groups excluding tert-OH is 4. The van der Waals surface area contributed by atoms with Crippen molar-refractivity contribution in [2.45, 2.75) is 30.7 Å². The van der Waals surface area contributed by atoms with Gasteiger partial charge in [-0.2, -0.15) is 0 Å². The summed E-state index contributed by atoms with van der Waals surface area (Å²) in [6.45, 7) is -0.524. The molecule has 1 fully saturated rings. The summed E-state index contributed by atoms with van der Waals surface area (Å²) in [6.07, 6.45) is -5.27. The molecule has 0 amide bonds. The Morgan fingerprint density at radius 3 is 2.65 bits per heavy atom. The molecule has 0 aromatic carbocycles. The standard InChI is InChI=1S/C12H17NO7/c1-18-6-3-2-4-13-11(6)20-12-10(17)9(16)8(15)7(5-14)19-12/h2-4,7-10,12,14-17H,5H2,1H3/t7-,8-,9+,10-,12-/m1/s1. The average molecular weight is 287 g/mol. The molecule has 0 saturated carbocycles. The zero-order valence-electron chi connectivity index (χ0n) is 10.8. The molecule has 0 bridgehead atoms. The molecule has 1 aliphatic rings. The van der Waals surface area contributed by atoms with Gasteiger partial charge in [0.15, 0.2) is 5.75 Å². The summed E-state index contributed by atoms with van der Waals surface area (Å²) in [4.78, 5) is 3.93. The number of methoxy groups -OCH3 is 1. The second kappa shape index (κ2) is 6.33. The zero-order valence-corrected chi connectivity index (χ0v) is 10.8. The summed E-state index contributed by atoms with van der Waals surface area (Å²) in [7, 11) is 1.43. The lowest BCUT2D eigenvalue weighted by atomic mass is 9.99. The Morgan fingerprint density at radius 1 is 1.25 bits per heavy atom. The summed E-state index contributed by atoms with van der Waals surface area (Å²) in [5.74, 6) is 0.392. The first-order chi connectivity index (χ1) is 9.58. The summed E-state index contributed by atoms with van der Waals surface area (Å²) in [5.41, 5.74) is 0. The van der Waals surface area contributed by atoms with Crippen molar-refractivity contribution in [2.24, 2.45) is 0 Å². The van der Waals surface area contributed by atoms with Crippen molar-refractivity contribution < 1.29 is 34.6 Å². The summed E-state index contributed by atoms with van der Waals surface area (Å²) in [5, 5.41) is 38.2. The predicted molar refractivity (Wildman–Crippen MR) is 65.2 cm³/mol. The monoisotopic (exact) mass is 287 g/mol. The Morgan fingerprint density at radius 2 is 2.00 bits per heavy atom. The highest BCUT2D eigenvalue weighted by Crippen LogP contribution is 2.28. The average Bonchev–Trinajstić information content (AvgIpc) is 2.48. The fourth-order valence-corrected chi connectivity index (χ4v) is 1.89. The van der Waals surface area contributed by atoms with Gasteiger partial charge in [-0.1, -0.05) is 0 Å². The molecule has 0 unspecified atom stereocenters. The highest BCUT2D eigenvalue weighted by atomic mass is 16.7. The number of pyridine rings is 1. The molecule has 8 nitrogen and oxygen atoms in total. The summed E-state index contributed by atoms with van der Waals surface area (Å²) in [6, 6.07) is 3.24. The summed E-state index contributed by atoms with van der Waals surface area (Å²) >= 11 is 0. The lowest BCUT2D eigenvalue weighted by Crippen LogP contribution is -2.60. The Labute approximate surface area is 115 Å². The van der Waals surface area contributed by atoms with Crippen molar-refractivity contribution in [3.05, 3.63) is 18.3 Å². The van der Waals surface area contributed by atoms with E-state index in [9.17, 15) is 15.3 Å². The van der Waals surface area contributed by atoms with Crippen LogP contribution in [0, 0.1) is 0 Å². The lowest BCUT2D eigenvalue weighted by Gasteiger charge is -2.39. The second-order valence-electron chi connectivity index (χ2n) is 4.33. The summed E-state index contributed by atoms with van der Waals surface area (Å²) < 4.78 is 15.6. The number of aliphatic hydroxyl groups is 4. The fraction of sp³-hybridized carbons (Fsp3) is 0.583. The van der Waals surface area contributed by atoms with Crippen LogP contribution in [0.1, 0.15) is 0 Å². The third-order valence-electron chi connectivity index (χ3n) is 3.03. The molecule has 0 spiro atoms. The normalized spacial score (nSPS) is 33.8. The van der Waals surface area contributed by atoms with Gasteiger partial charge >= 0.3 is 0 Å². The van der Waals surface area contributed by atoms with E-state index in [4.69, 9.17) is 19.3 Å². The van der Waals surface area contributed by atoms with Crippen LogP contribution in [0.3, 0.4) is 0 Å². The van der Waals surface area contributed by atoms with Crippen LogP contribution in [0.15, 0.2) is 18.3 Å². The SMILES string of the molecule is COc1cccnc1O[C@H]1O[C@H](CO)[C@@H](O)[C@H](O)[C@H]1O. The third-order valence-corrected chi connectivity index (χ3v) is 3.03. The van der Waals surface area contributed by atoms with Gasteiger partial charge in [0.25, 0.3) is 5.88 Å². The molecule has 5 atom stereocenters. The van der Waals surface area contributed by atoms with Crippen molar-refractivity contribution >= 4 is 0 Å². The van der Waals surface area contributed by atoms with Crippen LogP contribution in [0.5, 0.6) is 11.6 Å². The molecular weight excluding hydrogens is 270 g/mol. The van der Waals surface area contributed by atoms with Crippen molar-refractivity contribution in [1.29, 1.82) is 0 Å². The molecule has 8 heteroatoms. The first-order valence-corrected chi connectivity index (χ1v) is 6.04. The van der Waals surface area contributed by atoms with E-state index < -0.39 is 37.3 Å². The number of ether oxygens (including phenoxy) is 3. The molecular formula is C12H17NO7. The molecule has 0 radical (unpaired) electrons. The quantitative estimate of drug-likeness (QED) is 0.515. The van der Waals surface area contributed by atoms with Gasteiger partial charge in [0.1, 0.15) is 24.4 Å². The van der Waals surface area contributed by atoms with E-state index in [1.807, 2.05) is 0 Å². The fourth-order valence-electron chi connectivity index (χ4n) is 1.89. The Bertz CT molecular complexity index is 442. The van der Waals surface area contributed by atoms with E-state index in [1.165, 1.54) is 13.3 Å². The van der Waals surface area contributed by atoms with Crippen LogP contribution >= 0.6 is 0 Å². The zero-order chi connectivity index (χ0) is 14.7. The van der Waals surface area contributed by atoms with Gasteiger partial charge in [0.2, 0.25) is 6.29 Å². The number of aromatic nitrogens is 1. The van der Waals surface area contributed by atoms with Crippen molar-refractivity contribution in [3.63, 3.8) is 0 Å². The highest BCUT2D eigenvalue weighted by Gasteiger charge is 2.45. The first-order valence-electron chi connectivity index (χ1n) is 6.04. The van der Waals surface area contributed by atoms with Gasteiger partial charge < -0.3 is 34.6 Å². The highest BCUT2D eigenvalue weighted by molar-refractivity contribution is 5.32. The van der Waals surface area contributed by atoms with Crippen LogP contribution in [0.25, 0.3) is 0 Å². The third kappa shape index (κ3) is 2.84. The van der Waals surface area contributed by atoms with Gasteiger partial charge in [-0.3, -0.25) is 0 Å². The molecule has 2 heterocycles. The Balaban J connectivity index is 2.15. The predicted octanol–water partition coefficient (Wildman–Crippen LogP) is -1.73. The minimum atomic E-state index is -1.50. The van der Waals surface area contributed by atoms with Crippen molar-refractivity contribution in [3.8, 4) is 11.6 Å². The molecule has 20 heavy (non-hydrogen) atoms. The van der Waals surface area contributed by atoms with Gasteiger partial charge in [-0.15, -0.1) is 0 Å². The Hall–Kier alpha value is -1.45. The first kappa shape index (κ1) is 14.9. The van der Waals surface area contributed by atoms with Gasteiger partial charge in [-0.05, 0) is 12.1 Å². The minimum absolute atomic E-state index is 0.0688. The van der Waals surface area contributed by atoms with Crippen molar-refractivity contribution in [2.75, 3.05) is 13.7 Å². The van der Waals surface area contributed by atoms with Crippen LogP contribution in [0.2, 0.25) is 0 Å². The maximum absolute atomic E-state index is 9.84. The van der Waals surface area contributed by atoms with Crippen LogP contribution in [0.4, 0.5) is 0 Å². The van der Waals surface area contributed by atoms with E-state index in [0.29, 0.717) is 5.75 Å². The van der Waals surface area contributed by atoms with Gasteiger partial charge in [0, 0.05) is 6.20 Å². The minimum Gasteiger partial charge on any atom is -0.491 e. The molecule has 112 valence electrons. The molecule has 0 aliphatic carbocycles. The maximum atomic E-state index is 9.84. The molecule has 1 aromatic rings. The van der Waals surface area contributed by atoms with Gasteiger partial charge in [0.05, 0.1) is 13.7 Å². The number of hydrogen-bond acceptors (Lipinski definition) is 8. The molecule has 4 N–H and O–H groups in total. The smallest absolute Gasteiger partial charge is 0.259 e. The van der Waals surface area contributed by atoms with Crippen LogP contribution in [-0.2, 0) is 4.74 Å². The number of hydrogen-bond donors (Lipinski definition) is 4. The van der Waals surface area contributed by atoms with Crippen molar-refractivity contribution in [1.82, 2.24) is 4.98 Å². The van der Waals surface area contributed by atoms with E-state index in [1.54, 1.807) is 12.1 Å². The molecule has 1 aliphatic heterocycles. The second-order valence-corrected chi connectivity index (χ2v) is 4.33. The molecule has 1 saturated heterocycles. The maximum Gasteiger partial charge on any atom is 0.259 e. The molecule has 1 aromatic heterocycles. The van der Waals surface area contributed by atoms with E-state index in [2.05, 4.69) is 4.98 Å². The largest absolute Gasteiger partial charge is 0.491 e. The van der Waals surface area contributed by atoms with E-state index in [-0.39, 0.29) is 5.88 Å². The lowest BCUT2D eigenvalue weighted by molar-refractivity contribution is -0.278. The van der Waals surface area contributed by atoms with E-state index >= 15 is 0 Å². The van der Waals surface area contributed by atoms with Gasteiger partial charge in [-0.25, -0.2) is 4.98 Å². The number of nitrogens with zero attached hydrogens (tertiary/aromatic N) is 1.